The van der Waals surface area contributed by atoms with Gasteiger partial charge < -0.3 is 20.7 Å². The number of hydrogen-bond donors (Lipinski definition) is 4. The number of nitrogens with one attached hydrogen (secondary N) is 3. The Morgan fingerprint density at radius 3 is 2.69 bits per heavy atom. The lowest BCUT2D eigenvalue weighted by atomic mass is 9.88. The van der Waals surface area contributed by atoms with Gasteiger partial charge in [0.2, 0.25) is 5.56 Å². The van der Waals surface area contributed by atoms with Gasteiger partial charge in [0.05, 0.1) is 10.6 Å². The number of aromatic amines is 1. The van der Waals surface area contributed by atoms with E-state index in [9.17, 15) is 14.7 Å². The molecule has 0 radical (unpaired) electrons. The van der Waals surface area contributed by atoms with Crippen molar-refractivity contribution >= 4 is 29.0 Å². The number of halogens is 1. The number of rotatable bonds is 5. The van der Waals surface area contributed by atoms with E-state index in [1.54, 1.807) is 30.3 Å². The van der Waals surface area contributed by atoms with Crippen LogP contribution in [-0.2, 0) is 0 Å². The van der Waals surface area contributed by atoms with Crippen molar-refractivity contribution in [3.63, 3.8) is 0 Å². The summed E-state index contributed by atoms with van der Waals surface area (Å²) in [6.45, 7) is 0. The second kappa shape index (κ2) is 8.38. The summed E-state index contributed by atoms with van der Waals surface area (Å²) in [6.07, 6.45) is 4.29. The van der Waals surface area contributed by atoms with Gasteiger partial charge in [-0.05, 0) is 37.1 Å². The quantitative estimate of drug-likeness (QED) is 0.602. The second-order valence-electron chi connectivity index (χ2n) is 6.56. The second-order valence-corrected chi connectivity index (χ2v) is 6.97. The highest BCUT2D eigenvalue weighted by Crippen LogP contribution is 2.27. The van der Waals surface area contributed by atoms with Gasteiger partial charge in [-0.1, -0.05) is 36.9 Å². The lowest BCUT2D eigenvalue weighted by molar-refractivity contribution is 0.0463. The Morgan fingerprint density at radius 1 is 1.19 bits per heavy atom. The molecule has 1 saturated carbocycles. The molecule has 0 saturated heterocycles. The number of carbonyl (C=O) groups is 1. The van der Waals surface area contributed by atoms with Crippen molar-refractivity contribution in [1.29, 1.82) is 0 Å². The molecule has 1 aliphatic rings. The van der Waals surface area contributed by atoms with E-state index in [4.69, 9.17) is 11.6 Å². The molecule has 138 valence electrons. The molecule has 1 atom stereocenters. The van der Waals surface area contributed by atoms with Gasteiger partial charge in [-0.2, -0.15) is 0 Å². The van der Waals surface area contributed by atoms with E-state index >= 15 is 0 Å². The zero-order valence-corrected chi connectivity index (χ0v) is 15.1. The largest absolute Gasteiger partial charge is 0.373 e. The normalized spacial score (nSPS) is 16.1. The lowest BCUT2D eigenvalue weighted by Crippen LogP contribution is -2.41. The van der Waals surface area contributed by atoms with Crippen LogP contribution < -0.4 is 16.2 Å². The molecular weight excluding hydrogens is 354 g/mol. The molecule has 1 aromatic carbocycles. The van der Waals surface area contributed by atoms with E-state index in [1.807, 2.05) is 0 Å². The number of benzene rings is 1. The van der Waals surface area contributed by atoms with Crippen LogP contribution in [0.4, 0.5) is 11.5 Å². The number of H-pyrrole nitrogens is 1. The first-order valence-corrected chi connectivity index (χ1v) is 9.15. The number of carbonyl (C=O) groups excluding carboxylic acids is 1. The minimum absolute atomic E-state index is 0.0853. The number of hydrogen-bond acceptors (Lipinski definition) is 4. The van der Waals surface area contributed by atoms with Crippen molar-refractivity contribution in [3.05, 3.63) is 57.3 Å². The summed E-state index contributed by atoms with van der Waals surface area (Å²) in [7, 11) is 0. The van der Waals surface area contributed by atoms with Gasteiger partial charge in [0.1, 0.15) is 12.0 Å². The van der Waals surface area contributed by atoms with Crippen LogP contribution in [0.1, 0.15) is 42.5 Å². The van der Waals surface area contributed by atoms with Gasteiger partial charge in [-0.15, -0.1) is 0 Å². The first-order valence-electron chi connectivity index (χ1n) is 8.78. The molecule has 1 heterocycles. The van der Waals surface area contributed by atoms with Crippen molar-refractivity contribution in [2.45, 2.75) is 38.3 Å². The van der Waals surface area contributed by atoms with Crippen LogP contribution in [0.2, 0.25) is 5.02 Å². The van der Waals surface area contributed by atoms with Gasteiger partial charge >= 0.3 is 0 Å². The minimum atomic E-state index is -0.874. The Morgan fingerprint density at radius 2 is 1.96 bits per heavy atom. The first-order chi connectivity index (χ1) is 12.5. The van der Waals surface area contributed by atoms with Crippen molar-refractivity contribution in [2.75, 3.05) is 5.32 Å². The van der Waals surface area contributed by atoms with E-state index in [0.717, 1.165) is 25.7 Å². The Balaban J connectivity index is 1.72. The SMILES string of the molecule is O=C(NC(O)C1CCCCC1)c1cc(Nc2cccc(=O)[nH]2)ccc1Cl. The highest BCUT2D eigenvalue weighted by Gasteiger charge is 2.24. The minimum Gasteiger partial charge on any atom is -0.373 e. The standard InChI is InChI=1S/C19H22ClN3O3/c20-15-10-9-13(21-16-7-4-8-17(24)22-16)11-14(15)19(26)23-18(25)12-5-2-1-3-6-12/h4,7-12,18,25H,1-3,5-6H2,(H,23,26)(H2,21,22,24). The van der Waals surface area contributed by atoms with Crippen LogP contribution in [-0.4, -0.2) is 22.2 Å². The third-order valence-corrected chi connectivity index (χ3v) is 4.96. The van der Waals surface area contributed by atoms with Crippen molar-refractivity contribution < 1.29 is 9.90 Å². The Bertz CT molecular complexity index is 831. The van der Waals surface area contributed by atoms with Gasteiger partial charge in [0, 0.05) is 17.7 Å². The smallest absolute Gasteiger partial charge is 0.254 e. The van der Waals surface area contributed by atoms with E-state index < -0.39 is 12.1 Å². The van der Waals surface area contributed by atoms with Crippen LogP contribution >= 0.6 is 11.6 Å². The molecule has 0 spiro atoms. The Labute approximate surface area is 156 Å². The zero-order chi connectivity index (χ0) is 18.5. The average Bonchev–Trinajstić information content (AvgIpc) is 2.64. The molecule has 6 nitrogen and oxygen atoms in total. The summed E-state index contributed by atoms with van der Waals surface area (Å²) in [5.41, 5.74) is 0.649. The summed E-state index contributed by atoms with van der Waals surface area (Å²) in [5, 5.41) is 16.3. The third kappa shape index (κ3) is 4.65. The topological polar surface area (TPSA) is 94.2 Å². The lowest BCUT2D eigenvalue weighted by Gasteiger charge is -2.27. The van der Waals surface area contributed by atoms with Crippen molar-refractivity contribution in [1.82, 2.24) is 10.3 Å². The summed E-state index contributed by atoms with van der Waals surface area (Å²) in [4.78, 5) is 26.6. The maximum atomic E-state index is 12.5. The molecule has 0 aliphatic heterocycles. The summed E-state index contributed by atoms with van der Waals surface area (Å²) < 4.78 is 0. The molecule has 2 aromatic rings. The Kier molecular flexibility index (Phi) is 5.96. The van der Waals surface area contributed by atoms with E-state index in [2.05, 4.69) is 15.6 Å². The number of amides is 1. The highest BCUT2D eigenvalue weighted by atomic mass is 35.5. The van der Waals surface area contributed by atoms with Gasteiger partial charge in [0.25, 0.3) is 5.91 Å². The number of pyridine rings is 1. The van der Waals surface area contributed by atoms with Crippen LogP contribution in [0.5, 0.6) is 0 Å². The molecule has 4 N–H and O–H groups in total. The van der Waals surface area contributed by atoms with Gasteiger partial charge in [0.15, 0.2) is 0 Å². The number of aromatic nitrogens is 1. The molecule has 1 fully saturated rings. The van der Waals surface area contributed by atoms with E-state index in [0.29, 0.717) is 16.5 Å². The number of aliphatic hydroxyl groups excluding tert-OH is 1. The monoisotopic (exact) mass is 375 g/mol. The molecule has 1 amide bonds. The fraction of sp³-hybridized carbons (Fsp3) is 0.368. The molecule has 0 bridgehead atoms. The number of anilines is 2. The molecular formula is C19H22ClN3O3. The van der Waals surface area contributed by atoms with Crippen molar-refractivity contribution in [2.24, 2.45) is 5.92 Å². The van der Waals surface area contributed by atoms with E-state index in [-0.39, 0.29) is 17.0 Å². The predicted molar refractivity (Wildman–Crippen MR) is 102 cm³/mol. The highest BCUT2D eigenvalue weighted by molar-refractivity contribution is 6.34. The third-order valence-electron chi connectivity index (χ3n) is 4.63. The summed E-state index contributed by atoms with van der Waals surface area (Å²) in [6, 6.07) is 9.66. The van der Waals surface area contributed by atoms with Crippen LogP contribution in [0, 0.1) is 5.92 Å². The van der Waals surface area contributed by atoms with Crippen LogP contribution in [0.15, 0.2) is 41.2 Å². The first kappa shape index (κ1) is 18.5. The molecule has 3 rings (SSSR count). The summed E-state index contributed by atoms with van der Waals surface area (Å²) >= 11 is 6.16. The fourth-order valence-corrected chi connectivity index (χ4v) is 3.44. The molecule has 1 aromatic heterocycles. The van der Waals surface area contributed by atoms with Crippen LogP contribution in [0.25, 0.3) is 0 Å². The molecule has 1 unspecified atom stereocenters. The molecule has 7 heteroatoms. The van der Waals surface area contributed by atoms with Gasteiger partial charge in [-0.3, -0.25) is 9.59 Å². The van der Waals surface area contributed by atoms with Crippen molar-refractivity contribution in [3.8, 4) is 0 Å². The fourth-order valence-electron chi connectivity index (χ4n) is 3.23. The average molecular weight is 376 g/mol. The maximum absolute atomic E-state index is 12.5. The van der Waals surface area contributed by atoms with Gasteiger partial charge in [-0.25, -0.2) is 0 Å². The zero-order valence-electron chi connectivity index (χ0n) is 14.3. The summed E-state index contributed by atoms with van der Waals surface area (Å²) in [5.74, 6) is 0.175. The Hall–Kier alpha value is -2.31. The molecule has 26 heavy (non-hydrogen) atoms. The predicted octanol–water partition coefficient (Wildman–Crippen LogP) is 3.40. The molecule has 1 aliphatic carbocycles. The van der Waals surface area contributed by atoms with Crippen LogP contribution in [0.3, 0.4) is 0 Å². The maximum Gasteiger partial charge on any atom is 0.254 e. The van der Waals surface area contributed by atoms with E-state index in [1.165, 1.54) is 12.5 Å². The number of aliphatic hydroxyl groups is 1.